The average molecular weight is 765 g/mol. The highest BCUT2D eigenvalue weighted by Gasteiger charge is 2.22. The first-order chi connectivity index (χ1) is 30.2. The maximum Gasteiger partial charge on any atom is 0.0715 e. The molecule has 0 spiro atoms. The van der Waals surface area contributed by atoms with Gasteiger partial charge in [0.1, 0.15) is 0 Å². The molecule has 1 radical (unpaired) electrons. The van der Waals surface area contributed by atoms with Crippen LogP contribution >= 0.6 is 0 Å². The van der Waals surface area contributed by atoms with Crippen molar-refractivity contribution in [2.24, 2.45) is 0 Å². The van der Waals surface area contributed by atoms with Crippen LogP contribution in [0.1, 0.15) is 0 Å². The minimum atomic E-state index is 0.994. The maximum atomic E-state index is 5.59. The summed E-state index contributed by atoms with van der Waals surface area (Å²) >= 11 is 0. The van der Waals surface area contributed by atoms with Crippen LogP contribution in [0, 0.1) is 0 Å². The third-order valence-electron chi connectivity index (χ3n) is 14.6. The number of rotatable bonds is 2. The van der Waals surface area contributed by atoms with Gasteiger partial charge in [0, 0.05) is 10.8 Å². The highest BCUT2D eigenvalue weighted by molar-refractivity contribution is 6.43. The van der Waals surface area contributed by atoms with Crippen molar-refractivity contribution in [3.8, 4) is 0 Å². The lowest BCUT2D eigenvalue weighted by Crippen LogP contribution is -1.95. The van der Waals surface area contributed by atoms with Gasteiger partial charge in [-0.1, -0.05) is 121 Å². The van der Waals surface area contributed by atoms with Gasteiger partial charge in [0.15, 0.2) is 0 Å². The van der Waals surface area contributed by atoms with E-state index in [4.69, 9.17) is 5.32 Å². The van der Waals surface area contributed by atoms with E-state index in [2.05, 4.69) is 182 Å². The molecule has 0 aliphatic carbocycles. The first-order valence-corrected chi connectivity index (χ1v) is 21.4. The highest BCUT2D eigenvalue weighted by Crippen LogP contribution is 2.50. The molecule has 0 saturated heterocycles. The molecule has 0 aromatic heterocycles. The van der Waals surface area contributed by atoms with E-state index in [0.717, 1.165) is 11.4 Å². The van der Waals surface area contributed by atoms with Crippen molar-refractivity contribution in [2.75, 3.05) is 0 Å². The standard InChI is InChI=1S/C60H30N/c1-3-9-41-31(7-1)23-33-15-19-39-29-49-43-11-5-13-51(45(43)25-35-17-21-37-27-47(41)53(33)57(39)59(37)55(35)49)61-52-14-6-12-44-46(52)26-36-18-22-38-28-48-42-10-4-2-8-32(42)24-34-16-20-40-30-50(44)56(36)60(38)58(40)54(34)48/h1-30H. The molecule has 0 amide bonds. The summed E-state index contributed by atoms with van der Waals surface area (Å²) in [4.78, 5) is 0. The normalized spacial score (nSPS) is 12.9. The van der Waals surface area contributed by atoms with E-state index in [-0.39, 0.29) is 0 Å². The Balaban J connectivity index is 0.926. The zero-order valence-corrected chi connectivity index (χ0v) is 32.8. The third-order valence-corrected chi connectivity index (χ3v) is 14.6. The van der Waals surface area contributed by atoms with Crippen molar-refractivity contribution < 1.29 is 0 Å². The van der Waals surface area contributed by atoms with E-state index in [1.54, 1.807) is 0 Å². The monoisotopic (exact) mass is 764 g/mol. The molecule has 1 nitrogen and oxygen atoms in total. The zero-order chi connectivity index (χ0) is 39.2. The quantitative estimate of drug-likeness (QED) is 0.123. The molecular weight excluding hydrogens is 735 g/mol. The van der Waals surface area contributed by atoms with Crippen molar-refractivity contribution in [2.45, 2.75) is 0 Å². The van der Waals surface area contributed by atoms with Crippen LogP contribution in [0.15, 0.2) is 182 Å². The molecule has 16 rings (SSSR count). The molecule has 0 saturated carbocycles. The second-order valence-corrected chi connectivity index (χ2v) is 17.5. The van der Waals surface area contributed by atoms with Gasteiger partial charge in [-0.3, -0.25) is 0 Å². The Kier molecular flexibility index (Phi) is 5.38. The lowest BCUT2D eigenvalue weighted by molar-refractivity contribution is 1.22. The fraction of sp³-hybridized carbons (Fsp3) is 0. The van der Waals surface area contributed by atoms with Crippen LogP contribution in [0.25, 0.3) is 151 Å². The minimum absolute atomic E-state index is 0.994. The topological polar surface area (TPSA) is 14.1 Å². The zero-order valence-electron chi connectivity index (χ0n) is 32.8. The summed E-state index contributed by atoms with van der Waals surface area (Å²) in [5, 5.41) is 42.1. The molecule has 1 heteroatoms. The van der Waals surface area contributed by atoms with Crippen molar-refractivity contribution in [1.82, 2.24) is 5.32 Å². The number of nitrogens with zero attached hydrogens (tertiary/aromatic N) is 1. The minimum Gasteiger partial charge on any atom is -0.248 e. The van der Waals surface area contributed by atoms with Gasteiger partial charge in [-0.2, -0.15) is 0 Å². The molecule has 0 aliphatic heterocycles. The van der Waals surface area contributed by atoms with Crippen LogP contribution in [0.4, 0.5) is 11.4 Å². The number of benzene rings is 16. The molecule has 0 heterocycles. The Morgan fingerprint density at radius 3 is 0.869 bits per heavy atom. The summed E-state index contributed by atoms with van der Waals surface area (Å²) in [5.41, 5.74) is 1.99. The van der Waals surface area contributed by atoms with E-state index in [9.17, 15) is 0 Å². The number of fused-ring (bicyclic) bond motifs is 8. The Hall–Kier alpha value is -8.00. The molecule has 16 aromatic rings. The SMILES string of the molecule is c1ccc2c(c1)cc1ccc3cc4c5cccc([N]c6cccc7c6cc6ccc8cc9c%10ccccc%10cc%10ccc%11cc7c6c8c%11c%109)c5cc5ccc6cc2c1c3c6c54. The van der Waals surface area contributed by atoms with Gasteiger partial charge in [0.25, 0.3) is 0 Å². The number of hydrogen-bond donors (Lipinski definition) is 0. The smallest absolute Gasteiger partial charge is 0.0715 e. The van der Waals surface area contributed by atoms with Gasteiger partial charge in [-0.25, -0.2) is 5.32 Å². The summed E-state index contributed by atoms with van der Waals surface area (Å²) in [6.45, 7) is 0. The van der Waals surface area contributed by atoms with Crippen LogP contribution < -0.4 is 5.32 Å². The van der Waals surface area contributed by atoms with Crippen LogP contribution in [0.2, 0.25) is 0 Å². The summed E-state index contributed by atoms with van der Waals surface area (Å²) < 4.78 is 0. The van der Waals surface area contributed by atoms with Gasteiger partial charge in [0.2, 0.25) is 0 Å². The molecule has 61 heavy (non-hydrogen) atoms. The fourth-order valence-electron chi connectivity index (χ4n) is 12.1. The first kappa shape index (κ1) is 31.0. The molecule has 0 unspecified atom stereocenters. The Labute approximate surface area is 347 Å². The average Bonchev–Trinajstić information content (AvgIpc) is 3.30. The lowest BCUT2D eigenvalue weighted by Gasteiger charge is -2.20. The van der Waals surface area contributed by atoms with Crippen molar-refractivity contribution in [3.63, 3.8) is 0 Å². The van der Waals surface area contributed by atoms with Gasteiger partial charge in [0.05, 0.1) is 11.4 Å². The molecule has 0 bridgehead atoms. The Morgan fingerprint density at radius 1 is 0.180 bits per heavy atom. The molecule has 275 valence electrons. The first-order valence-electron chi connectivity index (χ1n) is 21.4. The summed E-state index contributed by atoms with van der Waals surface area (Å²) in [6, 6.07) is 68.9. The Morgan fingerprint density at radius 2 is 0.475 bits per heavy atom. The molecule has 0 aliphatic rings. The van der Waals surface area contributed by atoms with Crippen molar-refractivity contribution in [1.29, 1.82) is 0 Å². The van der Waals surface area contributed by atoms with E-state index in [1.807, 2.05) is 0 Å². The molecule has 16 aromatic carbocycles. The second kappa shape index (κ2) is 10.6. The predicted molar refractivity (Wildman–Crippen MR) is 264 cm³/mol. The Bertz CT molecular complexity index is 4300. The van der Waals surface area contributed by atoms with Crippen LogP contribution in [0.5, 0.6) is 0 Å². The largest absolute Gasteiger partial charge is 0.248 e. The fourth-order valence-corrected chi connectivity index (χ4v) is 12.1. The number of hydrogen-bond acceptors (Lipinski definition) is 0. The van der Waals surface area contributed by atoms with Crippen molar-refractivity contribution >= 4 is 162 Å². The predicted octanol–water partition coefficient (Wildman–Crippen LogP) is 17.2. The van der Waals surface area contributed by atoms with E-state index >= 15 is 0 Å². The summed E-state index contributed by atoms with van der Waals surface area (Å²) in [6.07, 6.45) is 0. The summed E-state index contributed by atoms with van der Waals surface area (Å²) in [5.74, 6) is 0. The van der Waals surface area contributed by atoms with Crippen LogP contribution in [-0.2, 0) is 0 Å². The van der Waals surface area contributed by atoms with Crippen LogP contribution in [-0.4, -0.2) is 0 Å². The molecular formula is C60H30N. The van der Waals surface area contributed by atoms with Crippen molar-refractivity contribution in [3.05, 3.63) is 182 Å². The lowest BCUT2D eigenvalue weighted by atomic mass is 9.84. The third kappa shape index (κ3) is 3.76. The highest BCUT2D eigenvalue weighted by atomic mass is 14.9. The summed E-state index contributed by atoms with van der Waals surface area (Å²) in [7, 11) is 0. The molecule has 0 N–H and O–H groups in total. The van der Waals surface area contributed by atoms with Gasteiger partial charge >= 0.3 is 0 Å². The molecule has 0 fully saturated rings. The second-order valence-electron chi connectivity index (χ2n) is 17.5. The maximum absolute atomic E-state index is 5.59. The van der Waals surface area contributed by atoms with Gasteiger partial charge < -0.3 is 0 Å². The van der Waals surface area contributed by atoms with Gasteiger partial charge in [-0.15, -0.1) is 0 Å². The van der Waals surface area contributed by atoms with E-state index in [0.29, 0.717) is 0 Å². The van der Waals surface area contributed by atoms with Crippen LogP contribution in [0.3, 0.4) is 0 Å². The molecule has 0 atom stereocenters. The van der Waals surface area contributed by atoms with E-state index in [1.165, 1.54) is 151 Å². The van der Waals surface area contributed by atoms with Gasteiger partial charge in [-0.05, 0) is 201 Å². The van der Waals surface area contributed by atoms with E-state index < -0.39 is 0 Å².